The van der Waals surface area contributed by atoms with Crippen molar-refractivity contribution in [3.8, 4) is 96.7 Å². The van der Waals surface area contributed by atoms with Crippen LogP contribution in [0.1, 0.15) is 172 Å². The number of aromatic nitrogens is 6. The third-order valence-corrected chi connectivity index (χ3v) is 30.3. The van der Waals surface area contributed by atoms with E-state index < -0.39 is 19.9 Å². The van der Waals surface area contributed by atoms with E-state index in [9.17, 15) is 14.0 Å². The summed E-state index contributed by atoms with van der Waals surface area (Å²) >= 11 is 2.50. The number of fused-ring (bicyclic) bond motifs is 6. The molecule has 5 heterocycles. The fourth-order valence-electron chi connectivity index (χ4n) is 20.1. The second kappa shape index (κ2) is 44.6. The molecule has 19 rings (SSSR count). The Hall–Kier alpha value is -9.77. The van der Waals surface area contributed by atoms with Gasteiger partial charge in [-0.3, -0.25) is 0 Å². The molecule has 0 radical (unpaired) electrons. The monoisotopic (exact) mass is 1940 g/mol. The van der Waals surface area contributed by atoms with Gasteiger partial charge in [0.2, 0.25) is 0 Å². The van der Waals surface area contributed by atoms with Gasteiger partial charge < -0.3 is 25.3 Å². The van der Waals surface area contributed by atoms with E-state index >= 15 is 0 Å². The minimum atomic E-state index is -3.15. The zero-order chi connectivity index (χ0) is 100. The van der Waals surface area contributed by atoms with Crippen LogP contribution in [-0.4, -0.2) is 93.1 Å². The zero-order valence-corrected chi connectivity index (χ0v) is 95.7. The van der Waals surface area contributed by atoms with Crippen LogP contribution in [-0.2, 0) is 28.5 Å². The summed E-state index contributed by atoms with van der Waals surface area (Å²) in [6.45, 7) is 62.0. The molecule has 14 aromatic carbocycles. The third-order valence-electron chi connectivity index (χ3n) is 30.2. The van der Waals surface area contributed by atoms with Crippen LogP contribution < -0.4 is 76.7 Å². The molecule has 0 saturated carbocycles. The van der Waals surface area contributed by atoms with Crippen LogP contribution >= 0.6 is 8.25 Å². The summed E-state index contributed by atoms with van der Waals surface area (Å²) in [6.07, 6.45) is 2.74. The van der Waals surface area contributed by atoms with E-state index in [1.54, 1.807) is 6.07 Å². The van der Waals surface area contributed by atoms with E-state index in [1.165, 1.54) is 295 Å². The van der Waals surface area contributed by atoms with Gasteiger partial charge in [-0.2, -0.15) is 5.26 Å². The number of nitrogens with one attached hydrogen (secondary N) is 1. The number of hydrogen-bond acceptors (Lipinski definition) is 14. The first-order valence-corrected chi connectivity index (χ1v) is 64.3. The van der Waals surface area contributed by atoms with Gasteiger partial charge in [-0.1, -0.05) is 127 Å². The average molecular weight is 1950 g/mol. The molecule has 1 N–H and O–H groups in total. The maximum atomic E-state index is 14.8. The molecule has 21 heteroatoms. The number of rotatable bonds is 11. The number of benzene rings is 14. The molecule has 3 aliphatic rings. The first-order chi connectivity index (χ1) is 66.5. The van der Waals surface area contributed by atoms with Crippen LogP contribution in [0.25, 0.3) is 95.4 Å². The predicted molar refractivity (Wildman–Crippen MR) is 562 cm³/mol. The van der Waals surface area contributed by atoms with Gasteiger partial charge in [0, 0.05) is 86.3 Å². The second-order valence-corrected chi connectivity index (χ2v) is 37.4. The summed E-state index contributed by atoms with van der Waals surface area (Å²) in [5.74, 6) is 1.82. The van der Waals surface area contributed by atoms with Gasteiger partial charge in [0.05, 0.1) is 52.3 Å². The summed E-state index contributed by atoms with van der Waals surface area (Å²) < 4.78 is 40.7. The summed E-state index contributed by atoms with van der Waals surface area (Å²) in [7, 11) is -3.15. The van der Waals surface area contributed by atoms with Crippen molar-refractivity contribution in [3.05, 3.63) is 390 Å². The van der Waals surface area contributed by atoms with E-state index in [0.29, 0.717) is 46.1 Å². The average Bonchev–Trinajstić information content (AvgIpc) is 0.699. The topological polar surface area (TPSA) is 196 Å². The maximum absolute atomic E-state index is 14.8. The van der Waals surface area contributed by atoms with Gasteiger partial charge in [-0.05, 0) is 404 Å². The molecule has 3 aliphatic heterocycles. The van der Waals surface area contributed by atoms with Crippen molar-refractivity contribution in [2.45, 2.75) is 185 Å². The van der Waals surface area contributed by atoms with E-state index in [4.69, 9.17) is 36.2 Å². The number of nitrogens with zero attached hydrogens (tertiary/aromatic N) is 10. The minimum absolute atomic E-state index is 0. The van der Waals surface area contributed by atoms with Crippen molar-refractivity contribution in [1.82, 2.24) is 29.9 Å². The van der Waals surface area contributed by atoms with Crippen molar-refractivity contribution in [2.75, 3.05) is 15.1 Å². The van der Waals surface area contributed by atoms with Crippen molar-refractivity contribution >= 4 is 123 Å². The first kappa shape index (κ1) is 106. The number of anilines is 8. The van der Waals surface area contributed by atoms with E-state index in [1.807, 2.05) is 103 Å². The van der Waals surface area contributed by atoms with Gasteiger partial charge >= 0.3 is 123 Å². The fourth-order valence-corrected chi connectivity index (χ4v) is 20.1. The van der Waals surface area contributed by atoms with Gasteiger partial charge in [0.25, 0.3) is 0 Å². The number of halogens is 2. The quantitative estimate of drug-likeness (QED) is 0.0422. The molecule has 0 saturated heterocycles. The van der Waals surface area contributed by atoms with Crippen LogP contribution in [0.3, 0.4) is 0 Å². The molecular weight excluding hydrogens is 1830 g/mol. The molecule has 0 fully saturated rings. The van der Waals surface area contributed by atoms with E-state index in [2.05, 4.69) is 266 Å². The number of hydrogen-bond donors (Lipinski definition) is 1. The number of nitriles is 1. The van der Waals surface area contributed by atoms with E-state index in [0.717, 1.165) is 69.6 Å². The van der Waals surface area contributed by atoms with Gasteiger partial charge in [-0.25, -0.2) is 48.2 Å². The van der Waals surface area contributed by atoms with Crippen LogP contribution in [0.15, 0.2) is 194 Å². The molecule has 0 aliphatic carbocycles. The SMILES string of the molecule is Cc1c(C)c(C)c2c(c1C)Cc1c(C)c(C)c(C)c(C)c1N2.Cc1c(C)c(C)c2c(c1C)Cc1c(C)c(C)c(C)c(C)c1N2c1ccc(C#N)cc1-c1cc(-c2nc(-c3ccccc3)nc(-c3ccccc3)n2)ccc1N1c2c(C)c(C)c(C)c(C)c2Cc2c(C)c(C)c(C)c(C)c21.O=[P+]([O-])O[O-].[C-]#[N+]c1ccc(F)c(-c2cc(-c3nc(-c4ccccc4)nc(-c4ccccc4)n3)ccc2F)c1.[K+].[K][K]. The molecule has 1 unspecified atom stereocenters. The summed E-state index contributed by atoms with van der Waals surface area (Å²) in [5.41, 5.74) is 57.9. The van der Waals surface area contributed by atoms with Crippen LogP contribution in [0.4, 0.5) is 60.0 Å². The standard InChI is InChI=1S/C70H68N6.C28H16F2N4.C21H27N.3K.HO4P/c1-36-40(5)48(13)64-56(44(36)9)33-57-45(10)37(2)41(6)49(14)65(57)75(64)62-29-27-52(35-71)31-60(62)61-32-55(70-73-68(53-23-19-17-20-24-53)72-69(74-70)54-25-21-18-22-26-54)28-30-63(61)76-66-50(15)42(7)38(3)46(11)58(66)34-59-47(12)39(4)43(8)51(16)67(59)76;1-31-21-13-15-25(30)23(17-21)22-16-20(12-14-24(22)29)28-33-26(18-8-4-2-5-9-18)32-27(34-28)19-10-6-3-7-11-19;1-10-12(3)16(7)20-18(14(10)5)9-19-15(6)11(2)13(4)17(8)21(19)22-20;;;;1-4-5(2)3/h17-32H,33-34H2,1-16H3;2-17H;22H,9H2,1-8H3;;;;1H/q;;;;;+1;/p-1. The molecule has 140 heavy (non-hydrogen) atoms. The molecule has 0 bridgehead atoms. The van der Waals surface area contributed by atoms with Crippen molar-refractivity contribution in [1.29, 1.82) is 5.26 Å². The van der Waals surface area contributed by atoms with Crippen molar-refractivity contribution in [2.24, 2.45) is 0 Å². The second-order valence-electron chi connectivity index (χ2n) is 36.8. The predicted octanol–water partition coefficient (Wildman–Crippen LogP) is 25.8. The fraction of sp³-hybridized carbons (Fsp3) is 0.227. The molecule has 16 aromatic rings. The van der Waals surface area contributed by atoms with Crippen molar-refractivity contribution < 1.29 is 79.6 Å². The normalized spacial score (nSPS) is 11.9. The Kier molecular flexibility index (Phi) is 33.8. The van der Waals surface area contributed by atoms with Crippen molar-refractivity contribution in [3.63, 3.8) is 0 Å². The Morgan fingerprint density at radius 2 is 0.593 bits per heavy atom. The molecule has 0 amide bonds. The Morgan fingerprint density at radius 3 is 0.900 bits per heavy atom. The summed E-state index contributed by atoms with van der Waals surface area (Å²) in [5, 5.41) is 23.4. The molecule has 0 spiro atoms. The van der Waals surface area contributed by atoms with Crippen LogP contribution in [0.5, 0.6) is 0 Å². The Bertz CT molecular complexity index is 7390. The molecule has 15 nitrogen and oxygen atoms in total. The first-order valence-electron chi connectivity index (χ1n) is 47.3. The molecular formula is C119H111F2K3N11O4P. The Morgan fingerprint density at radius 1 is 0.343 bits per heavy atom. The van der Waals surface area contributed by atoms with E-state index in [-0.39, 0.29) is 68.2 Å². The van der Waals surface area contributed by atoms with Gasteiger partial charge in [-0.15, -0.1) is 0 Å². The van der Waals surface area contributed by atoms with Crippen LogP contribution in [0, 0.1) is 196 Å². The third kappa shape index (κ3) is 20.2. The zero-order valence-electron chi connectivity index (χ0n) is 85.4. The molecule has 688 valence electrons. The van der Waals surface area contributed by atoms with Crippen LogP contribution in [0.2, 0.25) is 0 Å². The summed E-state index contributed by atoms with van der Waals surface area (Å²) in [6, 6.07) is 63.3. The Balaban J connectivity index is 0.000000198. The summed E-state index contributed by atoms with van der Waals surface area (Å²) in [4.78, 5) is 47.1. The van der Waals surface area contributed by atoms with Gasteiger partial charge in [0.15, 0.2) is 40.6 Å². The Labute approximate surface area is 911 Å². The molecule has 1 atom stereocenters. The van der Waals surface area contributed by atoms with Gasteiger partial charge in [0.1, 0.15) is 11.6 Å². The molecule has 2 aromatic heterocycles.